The van der Waals surface area contributed by atoms with Gasteiger partial charge >= 0.3 is 0 Å². The molecular formula is C18H23NO. The summed E-state index contributed by atoms with van der Waals surface area (Å²) in [6.45, 7) is 4.97. The summed E-state index contributed by atoms with van der Waals surface area (Å²) < 4.78 is 5.34. The van der Waals surface area contributed by atoms with E-state index in [1.54, 1.807) is 7.11 Å². The second kappa shape index (κ2) is 6.58. The van der Waals surface area contributed by atoms with Gasteiger partial charge in [-0.15, -0.1) is 0 Å². The first-order chi connectivity index (χ1) is 9.65. The lowest BCUT2D eigenvalue weighted by molar-refractivity contribution is 0.414. The van der Waals surface area contributed by atoms with Gasteiger partial charge in [0.1, 0.15) is 5.75 Å². The molecule has 0 aromatic heterocycles. The Hall–Kier alpha value is -1.80. The van der Waals surface area contributed by atoms with Crippen molar-refractivity contribution in [1.82, 2.24) is 0 Å². The standard InChI is InChI=1S/C18H23NO/c1-13-7-8-14(2)18(11-13)17(9-10-19)15-5-4-6-16(12-15)20-3/h4-8,11-12,17H,9-10,19H2,1-3H3. The molecule has 106 valence electrons. The summed E-state index contributed by atoms with van der Waals surface area (Å²) in [6, 6.07) is 14.9. The zero-order chi connectivity index (χ0) is 14.5. The third-order valence-corrected chi connectivity index (χ3v) is 3.76. The zero-order valence-electron chi connectivity index (χ0n) is 12.5. The van der Waals surface area contributed by atoms with Crippen molar-refractivity contribution in [3.63, 3.8) is 0 Å². The molecule has 1 atom stereocenters. The van der Waals surface area contributed by atoms with Crippen LogP contribution in [0.3, 0.4) is 0 Å². The Bertz CT molecular complexity index is 577. The molecule has 2 heteroatoms. The Morgan fingerprint density at radius 2 is 1.90 bits per heavy atom. The Labute approximate surface area is 121 Å². The summed E-state index contributed by atoms with van der Waals surface area (Å²) in [5.74, 6) is 1.23. The third-order valence-electron chi connectivity index (χ3n) is 3.76. The number of ether oxygens (including phenoxy) is 1. The molecule has 0 aliphatic carbocycles. The predicted molar refractivity (Wildman–Crippen MR) is 84.4 cm³/mol. The Kier molecular flexibility index (Phi) is 4.80. The maximum atomic E-state index is 5.83. The van der Waals surface area contributed by atoms with E-state index in [2.05, 4.69) is 44.2 Å². The van der Waals surface area contributed by atoms with Gasteiger partial charge in [0.15, 0.2) is 0 Å². The van der Waals surface area contributed by atoms with E-state index in [0.29, 0.717) is 12.5 Å². The van der Waals surface area contributed by atoms with Gasteiger partial charge in [-0.3, -0.25) is 0 Å². The summed E-state index contributed by atoms with van der Waals surface area (Å²) in [5, 5.41) is 0. The van der Waals surface area contributed by atoms with Crippen LogP contribution in [0, 0.1) is 13.8 Å². The highest BCUT2D eigenvalue weighted by Gasteiger charge is 2.16. The first-order valence-electron chi connectivity index (χ1n) is 7.07. The van der Waals surface area contributed by atoms with Crippen LogP contribution in [0.5, 0.6) is 5.75 Å². The van der Waals surface area contributed by atoms with E-state index in [0.717, 1.165) is 12.2 Å². The van der Waals surface area contributed by atoms with Crippen molar-refractivity contribution in [1.29, 1.82) is 0 Å². The molecule has 0 fully saturated rings. The minimum Gasteiger partial charge on any atom is -0.497 e. The van der Waals surface area contributed by atoms with Crippen LogP contribution in [0.1, 0.15) is 34.6 Å². The van der Waals surface area contributed by atoms with E-state index in [-0.39, 0.29) is 0 Å². The van der Waals surface area contributed by atoms with E-state index in [4.69, 9.17) is 10.5 Å². The van der Waals surface area contributed by atoms with Gasteiger partial charge in [0.2, 0.25) is 0 Å². The van der Waals surface area contributed by atoms with E-state index in [1.165, 1.54) is 22.3 Å². The molecule has 0 radical (unpaired) electrons. The highest BCUT2D eigenvalue weighted by molar-refractivity contribution is 5.42. The normalized spacial score (nSPS) is 12.2. The number of hydrogen-bond acceptors (Lipinski definition) is 2. The largest absolute Gasteiger partial charge is 0.497 e. The van der Waals surface area contributed by atoms with Crippen molar-refractivity contribution in [2.75, 3.05) is 13.7 Å². The quantitative estimate of drug-likeness (QED) is 0.896. The number of rotatable bonds is 5. The topological polar surface area (TPSA) is 35.2 Å². The van der Waals surface area contributed by atoms with Crippen LogP contribution in [-0.4, -0.2) is 13.7 Å². The molecule has 0 aliphatic rings. The van der Waals surface area contributed by atoms with E-state index in [1.807, 2.05) is 12.1 Å². The number of aryl methyl sites for hydroxylation is 2. The average molecular weight is 269 g/mol. The van der Waals surface area contributed by atoms with Crippen LogP contribution in [0.2, 0.25) is 0 Å². The summed E-state index contributed by atoms with van der Waals surface area (Å²) in [5.41, 5.74) is 11.1. The molecule has 2 aromatic rings. The van der Waals surface area contributed by atoms with Crippen molar-refractivity contribution < 1.29 is 4.74 Å². The SMILES string of the molecule is COc1cccc(C(CCN)c2cc(C)ccc2C)c1. The second-order valence-electron chi connectivity index (χ2n) is 5.27. The number of methoxy groups -OCH3 is 1. The minimum absolute atomic E-state index is 0.329. The number of benzene rings is 2. The highest BCUT2D eigenvalue weighted by atomic mass is 16.5. The fourth-order valence-electron chi connectivity index (χ4n) is 2.66. The van der Waals surface area contributed by atoms with Gasteiger partial charge in [0.05, 0.1) is 7.11 Å². The maximum absolute atomic E-state index is 5.83. The van der Waals surface area contributed by atoms with Crippen molar-refractivity contribution in [2.45, 2.75) is 26.2 Å². The van der Waals surface area contributed by atoms with Gasteiger partial charge in [0, 0.05) is 5.92 Å². The molecule has 2 nitrogen and oxygen atoms in total. The predicted octanol–water partition coefficient (Wildman–Crippen LogP) is 3.79. The summed E-state index contributed by atoms with van der Waals surface area (Å²) in [6.07, 6.45) is 0.942. The van der Waals surface area contributed by atoms with Crippen molar-refractivity contribution >= 4 is 0 Å². The van der Waals surface area contributed by atoms with E-state index < -0.39 is 0 Å². The van der Waals surface area contributed by atoms with Gasteiger partial charge in [-0.05, 0) is 55.6 Å². The Morgan fingerprint density at radius 1 is 1.10 bits per heavy atom. The number of nitrogens with two attached hydrogens (primary N) is 1. The lowest BCUT2D eigenvalue weighted by atomic mass is 9.85. The van der Waals surface area contributed by atoms with Crippen LogP contribution < -0.4 is 10.5 Å². The summed E-state index contributed by atoms with van der Waals surface area (Å²) >= 11 is 0. The van der Waals surface area contributed by atoms with Crippen LogP contribution in [0.25, 0.3) is 0 Å². The van der Waals surface area contributed by atoms with E-state index in [9.17, 15) is 0 Å². The molecule has 0 aliphatic heterocycles. The fraction of sp³-hybridized carbons (Fsp3) is 0.333. The molecular weight excluding hydrogens is 246 g/mol. The molecule has 0 saturated carbocycles. The van der Waals surface area contributed by atoms with Crippen LogP contribution >= 0.6 is 0 Å². The van der Waals surface area contributed by atoms with Gasteiger partial charge in [-0.25, -0.2) is 0 Å². The first-order valence-corrected chi connectivity index (χ1v) is 7.07. The highest BCUT2D eigenvalue weighted by Crippen LogP contribution is 2.32. The second-order valence-corrected chi connectivity index (χ2v) is 5.27. The average Bonchev–Trinajstić information content (AvgIpc) is 2.47. The summed E-state index contributed by atoms with van der Waals surface area (Å²) in [4.78, 5) is 0. The van der Waals surface area contributed by atoms with Crippen molar-refractivity contribution in [2.24, 2.45) is 5.73 Å². The minimum atomic E-state index is 0.329. The fourth-order valence-corrected chi connectivity index (χ4v) is 2.66. The Morgan fingerprint density at radius 3 is 2.60 bits per heavy atom. The molecule has 2 rings (SSSR count). The zero-order valence-corrected chi connectivity index (χ0v) is 12.5. The molecule has 0 heterocycles. The van der Waals surface area contributed by atoms with Crippen LogP contribution in [0.15, 0.2) is 42.5 Å². The molecule has 2 aromatic carbocycles. The third kappa shape index (κ3) is 3.20. The molecule has 0 amide bonds. The van der Waals surface area contributed by atoms with Crippen molar-refractivity contribution in [3.05, 3.63) is 64.7 Å². The van der Waals surface area contributed by atoms with Gasteiger partial charge in [0.25, 0.3) is 0 Å². The van der Waals surface area contributed by atoms with E-state index >= 15 is 0 Å². The lowest BCUT2D eigenvalue weighted by Crippen LogP contribution is -2.10. The molecule has 20 heavy (non-hydrogen) atoms. The van der Waals surface area contributed by atoms with Gasteiger partial charge < -0.3 is 10.5 Å². The summed E-state index contributed by atoms with van der Waals surface area (Å²) in [7, 11) is 1.70. The maximum Gasteiger partial charge on any atom is 0.119 e. The smallest absolute Gasteiger partial charge is 0.119 e. The molecule has 0 spiro atoms. The Balaban J connectivity index is 2.46. The monoisotopic (exact) mass is 269 g/mol. The van der Waals surface area contributed by atoms with Gasteiger partial charge in [-0.1, -0.05) is 35.9 Å². The van der Waals surface area contributed by atoms with Crippen LogP contribution in [0.4, 0.5) is 0 Å². The van der Waals surface area contributed by atoms with Crippen LogP contribution in [-0.2, 0) is 0 Å². The number of hydrogen-bond donors (Lipinski definition) is 1. The molecule has 1 unspecified atom stereocenters. The molecule has 0 bridgehead atoms. The first kappa shape index (κ1) is 14.6. The molecule has 0 saturated heterocycles. The van der Waals surface area contributed by atoms with Gasteiger partial charge in [-0.2, -0.15) is 0 Å². The van der Waals surface area contributed by atoms with Crippen molar-refractivity contribution in [3.8, 4) is 5.75 Å². The lowest BCUT2D eigenvalue weighted by Gasteiger charge is -2.20. The molecule has 2 N–H and O–H groups in total.